The number of aryl methyl sites for hydroxylation is 6. The minimum atomic E-state index is 0.573. The van der Waals surface area contributed by atoms with Gasteiger partial charge in [0.25, 0.3) is 0 Å². The molecule has 0 N–H and O–H groups in total. The van der Waals surface area contributed by atoms with Gasteiger partial charge in [-0.1, -0.05) is 72.7 Å². The van der Waals surface area contributed by atoms with E-state index in [1.165, 1.54) is 17.5 Å². The van der Waals surface area contributed by atoms with Crippen LogP contribution in [0.2, 0.25) is 0 Å². The Bertz CT molecular complexity index is 701. The average molecular weight is 365 g/mol. The molecule has 0 heteroatoms. The van der Waals surface area contributed by atoms with Crippen LogP contribution in [0.3, 0.4) is 0 Å². The minimum Gasteiger partial charge on any atom is -0.0613 e. The molecule has 0 saturated carbocycles. The van der Waals surface area contributed by atoms with E-state index >= 15 is 0 Å². The third-order valence-electron chi connectivity index (χ3n) is 6.25. The van der Waals surface area contributed by atoms with Gasteiger partial charge in [0.15, 0.2) is 0 Å². The van der Waals surface area contributed by atoms with E-state index in [9.17, 15) is 0 Å². The van der Waals surface area contributed by atoms with Crippen LogP contribution < -0.4 is 0 Å². The highest BCUT2D eigenvalue weighted by molar-refractivity contribution is 5.45. The lowest BCUT2D eigenvalue weighted by Crippen LogP contribution is -2.11. The molecule has 0 amide bonds. The molecule has 0 nitrogen and oxygen atoms in total. The van der Waals surface area contributed by atoms with E-state index in [-0.39, 0.29) is 0 Å². The molecule has 0 aromatic heterocycles. The lowest BCUT2D eigenvalue weighted by Gasteiger charge is -2.24. The van der Waals surface area contributed by atoms with E-state index in [1.54, 1.807) is 33.4 Å². The Morgan fingerprint density at radius 2 is 0.926 bits per heavy atom. The molecule has 0 radical (unpaired) electrons. The summed E-state index contributed by atoms with van der Waals surface area (Å²) in [7, 11) is 0. The Hall–Kier alpha value is -1.56. The summed E-state index contributed by atoms with van der Waals surface area (Å²) in [6.07, 6.45) is 7.98. The monoisotopic (exact) mass is 364 g/mol. The molecule has 27 heavy (non-hydrogen) atoms. The van der Waals surface area contributed by atoms with E-state index < -0.39 is 0 Å². The Kier molecular flexibility index (Phi) is 8.14. The third kappa shape index (κ3) is 4.84. The van der Waals surface area contributed by atoms with Gasteiger partial charge in [0, 0.05) is 0 Å². The summed E-state index contributed by atoms with van der Waals surface area (Å²) in [6, 6.07) is 9.85. The molecule has 148 valence electrons. The fourth-order valence-corrected chi connectivity index (χ4v) is 4.65. The van der Waals surface area contributed by atoms with Crippen LogP contribution in [-0.2, 0) is 44.9 Å². The van der Waals surface area contributed by atoms with Crippen LogP contribution in [0, 0.1) is 0 Å². The molecule has 2 rings (SSSR count). The fourth-order valence-electron chi connectivity index (χ4n) is 4.65. The molecular formula is C27H40. The molecule has 0 aliphatic heterocycles. The van der Waals surface area contributed by atoms with Crippen molar-refractivity contribution < 1.29 is 0 Å². The molecule has 2 aromatic rings. The van der Waals surface area contributed by atoms with Gasteiger partial charge in [-0.2, -0.15) is 0 Å². The van der Waals surface area contributed by atoms with Crippen LogP contribution in [0.5, 0.6) is 0 Å². The first-order valence-electron chi connectivity index (χ1n) is 11.3. The summed E-state index contributed by atoms with van der Waals surface area (Å²) in [4.78, 5) is 0. The highest BCUT2D eigenvalue weighted by Gasteiger charge is 2.18. The quantitative estimate of drug-likeness (QED) is 0.434. The van der Waals surface area contributed by atoms with E-state index in [2.05, 4.69) is 72.7 Å². The molecule has 1 unspecified atom stereocenters. The van der Waals surface area contributed by atoms with Gasteiger partial charge in [0.05, 0.1) is 0 Å². The maximum atomic E-state index is 2.46. The lowest BCUT2D eigenvalue weighted by molar-refractivity contribution is 0.721. The topological polar surface area (TPSA) is 0 Å². The van der Waals surface area contributed by atoms with E-state index in [1.807, 2.05) is 0 Å². The number of benzene rings is 2. The van der Waals surface area contributed by atoms with E-state index in [0.717, 1.165) is 38.5 Å². The Balaban J connectivity index is 2.50. The van der Waals surface area contributed by atoms with Crippen molar-refractivity contribution in [3.63, 3.8) is 0 Å². The van der Waals surface area contributed by atoms with Crippen molar-refractivity contribution in [2.24, 2.45) is 0 Å². The average Bonchev–Trinajstić information content (AvgIpc) is 2.72. The van der Waals surface area contributed by atoms with Crippen LogP contribution in [0.15, 0.2) is 24.3 Å². The highest BCUT2D eigenvalue weighted by Crippen LogP contribution is 2.32. The van der Waals surface area contributed by atoms with Gasteiger partial charge in [0.2, 0.25) is 0 Å². The smallest absolute Gasteiger partial charge is 0.0144 e. The normalized spacial score (nSPS) is 12.4. The van der Waals surface area contributed by atoms with Crippen LogP contribution in [-0.4, -0.2) is 0 Å². The van der Waals surface area contributed by atoms with Crippen LogP contribution >= 0.6 is 0 Å². The minimum absolute atomic E-state index is 0.573. The lowest BCUT2D eigenvalue weighted by atomic mass is 9.81. The summed E-state index contributed by atoms with van der Waals surface area (Å²) >= 11 is 0. The molecule has 2 aromatic carbocycles. The molecule has 0 spiro atoms. The van der Waals surface area contributed by atoms with Crippen LogP contribution in [0.25, 0.3) is 0 Å². The van der Waals surface area contributed by atoms with Crippen molar-refractivity contribution >= 4 is 0 Å². The van der Waals surface area contributed by atoms with Gasteiger partial charge >= 0.3 is 0 Å². The molecular weight excluding hydrogens is 324 g/mol. The number of hydrogen-bond donors (Lipinski definition) is 0. The number of hydrogen-bond acceptors (Lipinski definition) is 0. The van der Waals surface area contributed by atoms with Gasteiger partial charge < -0.3 is 0 Å². The Morgan fingerprint density at radius 3 is 1.26 bits per heavy atom. The van der Waals surface area contributed by atoms with Crippen molar-refractivity contribution in [3.05, 3.63) is 68.8 Å². The zero-order valence-corrected chi connectivity index (χ0v) is 18.8. The maximum absolute atomic E-state index is 2.46. The zero-order chi connectivity index (χ0) is 20.0. The molecule has 0 bridgehead atoms. The van der Waals surface area contributed by atoms with Crippen molar-refractivity contribution in [2.75, 3.05) is 0 Å². The van der Waals surface area contributed by atoms with Gasteiger partial charge in [-0.05, 0) is 95.4 Å². The summed E-state index contributed by atoms with van der Waals surface area (Å²) in [5, 5.41) is 0. The molecule has 1 atom stereocenters. The third-order valence-corrected chi connectivity index (χ3v) is 6.25. The summed E-state index contributed by atoms with van der Waals surface area (Å²) < 4.78 is 0. The van der Waals surface area contributed by atoms with E-state index in [4.69, 9.17) is 0 Å². The van der Waals surface area contributed by atoms with E-state index in [0.29, 0.717) is 5.92 Å². The van der Waals surface area contributed by atoms with Crippen molar-refractivity contribution in [1.82, 2.24) is 0 Å². The van der Waals surface area contributed by atoms with Gasteiger partial charge in [-0.25, -0.2) is 0 Å². The Morgan fingerprint density at radius 1 is 0.556 bits per heavy atom. The predicted molar refractivity (Wildman–Crippen MR) is 121 cm³/mol. The molecule has 0 heterocycles. The molecule has 0 fully saturated rings. The zero-order valence-electron chi connectivity index (χ0n) is 18.8. The summed E-state index contributed by atoms with van der Waals surface area (Å²) in [5.41, 5.74) is 12.5. The first kappa shape index (κ1) is 21.7. The summed E-state index contributed by atoms with van der Waals surface area (Å²) in [6.45, 7) is 16.2. The molecule has 0 aliphatic rings. The van der Waals surface area contributed by atoms with Crippen molar-refractivity contribution in [3.8, 4) is 0 Å². The second-order valence-electron chi connectivity index (χ2n) is 7.95. The Labute approximate surface area is 168 Å². The second-order valence-corrected chi connectivity index (χ2v) is 7.95. The standard InChI is InChI=1S/C27H40/c1-8-20-15-22(10-3)26(23(11-4)16-20)14-19(7)27-24(12-5)17-21(9-2)18-25(27)13-6/h15-19H,8-14H2,1-7H3. The first-order chi connectivity index (χ1) is 13.0. The van der Waals surface area contributed by atoms with Crippen LogP contribution in [0.1, 0.15) is 98.9 Å². The summed E-state index contributed by atoms with van der Waals surface area (Å²) in [5.74, 6) is 0.573. The van der Waals surface area contributed by atoms with Crippen molar-refractivity contribution in [1.29, 1.82) is 0 Å². The molecule has 0 aliphatic carbocycles. The first-order valence-corrected chi connectivity index (χ1v) is 11.3. The largest absolute Gasteiger partial charge is 0.0613 e. The SMILES string of the molecule is CCc1cc(CC)c(CC(C)c2c(CC)cc(CC)cc2CC)c(CC)c1. The number of rotatable bonds is 9. The van der Waals surface area contributed by atoms with Gasteiger partial charge in [0.1, 0.15) is 0 Å². The van der Waals surface area contributed by atoms with Crippen LogP contribution in [0.4, 0.5) is 0 Å². The van der Waals surface area contributed by atoms with Gasteiger partial charge in [-0.3, -0.25) is 0 Å². The fraction of sp³-hybridized carbons (Fsp3) is 0.556. The molecule has 0 saturated heterocycles. The second kappa shape index (κ2) is 10.1. The van der Waals surface area contributed by atoms with Crippen molar-refractivity contribution in [2.45, 2.75) is 99.3 Å². The highest BCUT2D eigenvalue weighted by atomic mass is 14.2. The maximum Gasteiger partial charge on any atom is -0.0144 e. The van der Waals surface area contributed by atoms with Gasteiger partial charge in [-0.15, -0.1) is 0 Å². The predicted octanol–water partition coefficient (Wildman–Crippen LogP) is 7.41.